The van der Waals surface area contributed by atoms with E-state index < -0.39 is 11.8 Å². The van der Waals surface area contributed by atoms with Crippen molar-refractivity contribution in [2.24, 2.45) is 0 Å². The van der Waals surface area contributed by atoms with Gasteiger partial charge in [-0.25, -0.2) is 4.90 Å². The van der Waals surface area contributed by atoms with Crippen LogP contribution in [0.25, 0.3) is 5.57 Å². The average Bonchev–Trinajstić information content (AvgIpc) is 3.32. The van der Waals surface area contributed by atoms with Gasteiger partial charge in [0, 0.05) is 20.6 Å². The van der Waals surface area contributed by atoms with Crippen molar-refractivity contribution in [3.63, 3.8) is 0 Å². The van der Waals surface area contributed by atoms with Crippen molar-refractivity contribution in [3.05, 3.63) is 80.1 Å². The van der Waals surface area contributed by atoms with Gasteiger partial charge in [0.15, 0.2) is 0 Å². The predicted molar refractivity (Wildman–Crippen MR) is 122 cm³/mol. The van der Waals surface area contributed by atoms with E-state index in [4.69, 9.17) is 27.9 Å². The number of ether oxygens (including phenoxy) is 1. The summed E-state index contributed by atoms with van der Waals surface area (Å²) in [6, 6.07) is 13.8. The number of aryl methyl sites for hydroxylation is 1. The van der Waals surface area contributed by atoms with Gasteiger partial charge in [0.05, 0.1) is 18.4 Å². The zero-order valence-corrected chi connectivity index (χ0v) is 18.4. The standard InChI is InChI=1S/C22H16Cl2N2O3S/c1-12-5-7-14(11-15(12)24)25-20-19(18-4-3-9-30-18)21(27)26(22(20)28)16-10-13(23)6-8-17(16)29-2/h3-11,25H,1-2H3. The van der Waals surface area contributed by atoms with E-state index in [-0.39, 0.29) is 17.0 Å². The topological polar surface area (TPSA) is 58.6 Å². The molecule has 0 saturated carbocycles. The smallest absolute Gasteiger partial charge is 0.282 e. The summed E-state index contributed by atoms with van der Waals surface area (Å²) in [4.78, 5) is 28.6. The number of halogens is 2. The fraction of sp³-hybridized carbons (Fsp3) is 0.0909. The summed E-state index contributed by atoms with van der Waals surface area (Å²) in [5, 5.41) is 5.89. The Hall–Kier alpha value is -2.80. The number of carbonyl (C=O) groups excluding carboxylic acids is 2. The lowest BCUT2D eigenvalue weighted by Gasteiger charge is -2.18. The highest BCUT2D eigenvalue weighted by atomic mass is 35.5. The van der Waals surface area contributed by atoms with Gasteiger partial charge < -0.3 is 10.1 Å². The minimum atomic E-state index is -0.499. The quantitative estimate of drug-likeness (QED) is 0.493. The summed E-state index contributed by atoms with van der Waals surface area (Å²) in [5.74, 6) is -0.587. The molecule has 0 fully saturated rings. The van der Waals surface area contributed by atoms with Gasteiger partial charge in [-0.05, 0) is 54.3 Å². The van der Waals surface area contributed by atoms with Crippen LogP contribution in [0.2, 0.25) is 10.0 Å². The zero-order chi connectivity index (χ0) is 21.4. The number of nitrogens with zero attached hydrogens (tertiary/aromatic N) is 1. The van der Waals surface area contributed by atoms with Crippen LogP contribution in [0.3, 0.4) is 0 Å². The van der Waals surface area contributed by atoms with Gasteiger partial charge in [-0.2, -0.15) is 0 Å². The summed E-state index contributed by atoms with van der Waals surface area (Å²) in [5.41, 5.74) is 2.26. The normalized spacial score (nSPS) is 13.9. The molecule has 0 radical (unpaired) electrons. The maximum atomic E-state index is 13.4. The minimum absolute atomic E-state index is 0.171. The third kappa shape index (κ3) is 3.58. The Labute approximate surface area is 187 Å². The van der Waals surface area contributed by atoms with Crippen molar-refractivity contribution in [2.75, 3.05) is 17.3 Å². The van der Waals surface area contributed by atoms with Crippen molar-refractivity contribution in [1.29, 1.82) is 0 Å². The molecule has 1 aromatic heterocycles. The molecule has 152 valence electrons. The Bertz CT molecular complexity index is 1190. The third-order valence-electron chi connectivity index (χ3n) is 4.67. The molecule has 2 amide bonds. The van der Waals surface area contributed by atoms with Crippen molar-refractivity contribution in [2.45, 2.75) is 6.92 Å². The summed E-state index contributed by atoms with van der Waals surface area (Å²) >= 11 is 13.7. The molecule has 2 aromatic carbocycles. The first kappa shape index (κ1) is 20.5. The lowest BCUT2D eigenvalue weighted by atomic mass is 10.1. The molecule has 30 heavy (non-hydrogen) atoms. The highest BCUT2D eigenvalue weighted by molar-refractivity contribution is 7.11. The number of rotatable bonds is 5. The van der Waals surface area contributed by atoms with E-state index in [2.05, 4.69) is 5.32 Å². The number of thiophene rings is 1. The zero-order valence-electron chi connectivity index (χ0n) is 16.0. The number of methoxy groups -OCH3 is 1. The second-order valence-electron chi connectivity index (χ2n) is 6.58. The molecule has 0 bridgehead atoms. The maximum Gasteiger partial charge on any atom is 0.282 e. The summed E-state index contributed by atoms with van der Waals surface area (Å²) in [6.07, 6.45) is 0. The van der Waals surface area contributed by atoms with Crippen LogP contribution < -0.4 is 15.0 Å². The van der Waals surface area contributed by atoms with Crippen molar-refractivity contribution in [1.82, 2.24) is 0 Å². The molecule has 4 rings (SSSR count). The SMILES string of the molecule is COc1ccc(Cl)cc1N1C(=O)C(Nc2ccc(C)c(Cl)c2)=C(c2cccs2)C1=O. The van der Waals surface area contributed by atoms with Crippen molar-refractivity contribution in [3.8, 4) is 5.75 Å². The number of anilines is 2. The Balaban J connectivity index is 1.83. The minimum Gasteiger partial charge on any atom is -0.495 e. The van der Waals surface area contributed by atoms with E-state index in [1.165, 1.54) is 24.5 Å². The number of nitrogens with one attached hydrogen (secondary N) is 1. The second kappa shape index (κ2) is 8.14. The predicted octanol–water partition coefficient (Wildman–Crippen LogP) is 5.77. The van der Waals surface area contributed by atoms with E-state index in [9.17, 15) is 9.59 Å². The molecule has 0 atom stereocenters. The maximum absolute atomic E-state index is 13.4. The molecular weight excluding hydrogens is 443 g/mol. The summed E-state index contributed by atoms with van der Waals surface area (Å²) in [7, 11) is 1.47. The molecule has 2 heterocycles. The average molecular weight is 459 g/mol. The Morgan fingerprint density at radius 2 is 1.83 bits per heavy atom. The van der Waals surface area contributed by atoms with E-state index >= 15 is 0 Å². The number of carbonyl (C=O) groups is 2. The highest BCUT2D eigenvalue weighted by Gasteiger charge is 2.42. The van der Waals surface area contributed by atoms with Crippen LogP contribution in [0, 0.1) is 6.92 Å². The van der Waals surface area contributed by atoms with E-state index in [1.54, 1.807) is 30.3 Å². The first-order valence-electron chi connectivity index (χ1n) is 8.94. The van der Waals surface area contributed by atoms with E-state index in [1.807, 2.05) is 24.4 Å². The summed E-state index contributed by atoms with van der Waals surface area (Å²) in [6.45, 7) is 1.89. The van der Waals surface area contributed by atoms with Crippen molar-refractivity contribution >= 4 is 63.3 Å². The van der Waals surface area contributed by atoms with Crippen LogP contribution >= 0.6 is 34.5 Å². The molecule has 1 aliphatic heterocycles. The van der Waals surface area contributed by atoms with E-state index in [0.717, 1.165) is 10.5 Å². The van der Waals surface area contributed by atoms with Gasteiger partial charge in [-0.1, -0.05) is 35.3 Å². The van der Waals surface area contributed by atoms with Crippen LogP contribution in [-0.2, 0) is 9.59 Å². The molecular formula is C22H16Cl2N2O3S. The number of benzene rings is 2. The monoisotopic (exact) mass is 458 g/mol. The fourth-order valence-corrected chi connectivity index (χ4v) is 4.28. The Kier molecular flexibility index (Phi) is 5.56. The molecule has 1 N–H and O–H groups in total. The van der Waals surface area contributed by atoms with Gasteiger partial charge in [0.1, 0.15) is 11.4 Å². The van der Waals surface area contributed by atoms with Gasteiger partial charge in [0.2, 0.25) is 0 Å². The number of imide groups is 1. The molecule has 3 aromatic rings. The molecule has 8 heteroatoms. The van der Waals surface area contributed by atoms with Gasteiger partial charge in [-0.3, -0.25) is 9.59 Å². The fourth-order valence-electron chi connectivity index (χ4n) is 3.17. The van der Waals surface area contributed by atoms with Gasteiger partial charge in [-0.15, -0.1) is 11.3 Å². The molecule has 0 spiro atoms. The Morgan fingerprint density at radius 1 is 1.03 bits per heavy atom. The largest absolute Gasteiger partial charge is 0.495 e. The number of hydrogen-bond donors (Lipinski definition) is 1. The van der Waals surface area contributed by atoms with Crippen LogP contribution in [0.5, 0.6) is 5.75 Å². The molecule has 1 aliphatic rings. The summed E-state index contributed by atoms with van der Waals surface area (Å²) < 4.78 is 5.36. The molecule has 0 saturated heterocycles. The number of amides is 2. The lowest BCUT2D eigenvalue weighted by molar-refractivity contribution is -0.120. The highest BCUT2D eigenvalue weighted by Crippen LogP contribution is 2.40. The van der Waals surface area contributed by atoms with Crippen LogP contribution in [0.1, 0.15) is 10.4 Å². The Morgan fingerprint density at radius 3 is 2.50 bits per heavy atom. The van der Waals surface area contributed by atoms with Gasteiger partial charge >= 0.3 is 0 Å². The van der Waals surface area contributed by atoms with Gasteiger partial charge in [0.25, 0.3) is 11.8 Å². The van der Waals surface area contributed by atoms with Crippen LogP contribution in [0.15, 0.2) is 59.6 Å². The first-order valence-corrected chi connectivity index (χ1v) is 10.6. The number of hydrogen-bond acceptors (Lipinski definition) is 5. The third-order valence-corrected chi connectivity index (χ3v) is 6.20. The second-order valence-corrected chi connectivity index (χ2v) is 8.37. The first-order chi connectivity index (χ1) is 14.4. The molecule has 5 nitrogen and oxygen atoms in total. The van der Waals surface area contributed by atoms with Crippen LogP contribution in [0.4, 0.5) is 11.4 Å². The van der Waals surface area contributed by atoms with Crippen molar-refractivity contribution < 1.29 is 14.3 Å². The van der Waals surface area contributed by atoms with Crippen LogP contribution in [-0.4, -0.2) is 18.9 Å². The van der Waals surface area contributed by atoms with E-state index in [0.29, 0.717) is 26.4 Å². The molecule has 0 unspecified atom stereocenters. The lowest BCUT2D eigenvalue weighted by Crippen LogP contribution is -2.32. The molecule has 0 aliphatic carbocycles.